The zero-order chi connectivity index (χ0) is 11.0. The molecule has 2 aromatic heterocycles. The normalized spacial score (nSPS) is 10.9. The van der Waals surface area contributed by atoms with Crippen molar-refractivity contribution in [3.8, 4) is 0 Å². The lowest BCUT2D eigenvalue weighted by Gasteiger charge is -2.03. The molecule has 0 aromatic carbocycles. The Morgan fingerprint density at radius 3 is 2.53 bits per heavy atom. The number of thiophene rings is 1. The Morgan fingerprint density at radius 1 is 1.33 bits per heavy atom. The van der Waals surface area contributed by atoms with Gasteiger partial charge in [0.2, 0.25) is 0 Å². The molecule has 0 radical (unpaired) electrons. The second kappa shape index (κ2) is 4.14. The van der Waals surface area contributed by atoms with Gasteiger partial charge in [0.05, 0.1) is 6.54 Å². The molecule has 2 heterocycles. The highest BCUT2D eigenvalue weighted by atomic mass is 79.9. The van der Waals surface area contributed by atoms with E-state index < -0.39 is 0 Å². The van der Waals surface area contributed by atoms with Crippen molar-refractivity contribution in [3.05, 3.63) is 43.8 Å². The first-order valence-corrected chi connectivity index (χ1v) is 6.61. The molecule has 0 saturated carbocycles. The zero-order valence-corrected chi connectivity index (χ0v) is 11.6. The van der Waals surface area contributed by atoms with E-state index in [-0.39, 0.29) is 0 Å². The molecule has 3 heteroatoms. The van der Waals surface area contributed by atoms with Crippen molar-refractivity contribution in [3.63, 3.8) is 0 Å². The number of rotatable bonds is 2. The van der Waals surface area contributed by atoms with Gasteiger partial charge in [0.15, 0.2) is 0 Å². The molecule has 0 saturated heterocycles. The van der Waals surface area contributed by atoms with Crippen molar-refractivity contribution >= 4 is 27.3 Å². The van der Waals surface area contributed by atoms with Crippen LogP contribution in [0, 0.1) is 20.8 Å². The van der Waals surface area contributed by atoms with Crippen molar-refractivity contribution in [1.82, 2.24) is 4.57 Å². The van der Waals surface area contributed by atoms with Crippen LogP contribution in [0.2, 0.25) is 0 Å². The number of hydrogen-bond donors (Lipinski definition) is 0. The molecular weight excluding hydrogens is 270 g/mol. The van der Waals surface area contributed by atoms with E-state index in [4.69, 9.17) is 0 Å². The van der Waals surface area contributed by atoms with Crippen LogP contribution in [0.4, 0.5) is 0 Å². The summed E-state index contributed by atoms with van der Waals surface area (Å²) in [6, 6.07) is 2.19. The standard InChI is InChI=1S/C12H14BrNS/c1-8-5-14(10(3)9(8)2)6-12-4-11(13)7-15-12/h4-5,7H,6H2,1-3H3. The molecule has 1 nitrogen and oxygen atoms in total. The van der Waals surface area contributed by atoms with E-state index in [2.05, 4.69) is 58.9 Å². The van der Waals surface area contributed by atoms with E-state index in [9.17, 15) is 0 Å². The van der Waals surface area contributed by atoms with Crippen LogP contribution in [0.5, 0.6) is 0 Å². The highest BCUT2D eigenvalue weighted by Crippen LogP contribution is 2.22. The molecule has 0 atom stereocenters. The van der Waals surface area contributed by atoms with Gasteiger partial charge in [-0.05, 0) is 53.9 Å². The monoisotopic (exact) mass is 283 g/mol. The van der Waals surface area contributed by atoms with Gasteiger partial charge in [0.25, 0.3) is 0 Å². The van der Waals surface area contributed by atoms with Gasteiger partial charge in [-0.1, -0.05) is 0 Å². The first-order valence-electron chi connectivity index (χ1n) is 4.94. The lowest BCUT2D eigenvalue weighted by atomic mass is 10.2. The third-order valence-electron chi connectivity index (χ3n) is 2.86. The van der Waals surface area contributed by atoms with Gasteiger partial charge >= 0.3 is 0 Å². The number of hydrogen-bond acceptors (Lipinski definition) is 1. The van der Waals surface area contributed by atoms with Crippen molar-refractivity contribution in [2.45, 2.75) is 27.3 Å². The van der Waals surface area contributed by atoms with Gasteiger partial charge in [0, 0.05) is 26.6 Å². The maximum atomic E-state index is 3.48. The fourth-order valence-corrected chi connectivity index (χ4v) is 3.15. The lowest BCUT2D eigenvalue weighted by Crippen LogP contribution is -1.98. The Morgan fingerprint density at radius 2 is 2.07 bits per heavy atom. The van der Waals surface area contributed by atoms with Gasteiger partial charge in [-0.2, -0.15) is 0 Å². The van der Waals surface area contributed by atoms with Gasteiger partial charge < -0.3 is 4.57 Å². The van der Waals surface area contributed by atoms with E-state index in [0.29, 0.717) is 0 Å². The number of nitrogens with zero attached hydrogens (tertiary/aromatic N) is 1. The summed E-state index contributed by atoms with van der Waals surface area (Å²) < 4.78 is 3.50. The van der Waals surface area contributed by atoms with Crippen LogP contribution in [-0.2, 0) is 6.54 Å². The summed E-state index contributed by atoms with van der Waals surface area (Å²) in [7, 11) is 0. The Hall–Kier alpha value is -0.540. The summed E-state index contributed by atoms with van der Waals surface area (Å²) in [6.45, 7) is 7.52. The molecule has 0 spiro atoms. The number of aryl methyl sites for hydroxylation is 1. The molecular formula is C12H14BrNS. The lowest BCUT2D eigenvalue weighted by molar-refractivity contribution is 0.783. The largest absolute Gasteiger partial charge is 0.346 e. The Labute approximate surface area is 103 Å². The summed E-state index contributed by atoms with van der Waals surface area (Å²) in [5.41, 5.74) is 4.16. The molecule has 0 bridgehead atoms. The second-order valence-electron chi connectivity index (χ2n) is 3.88. The second-order valence-corrected chi connectivity index (χ2v) is 5.79. The quantitative estimate of drug-likeness (QED) is 0.775. The van der Waals surface area contributed by atoms with E-state index in [0.717, 1.165) is 6.54 Å². The van der Waals surface area contributed by atoms with E-state index in [1.807, 2.05) is 0 Å². The Kier molecular flexibility index (Phi) is 3.03. The molecule has 0 aliphatic carbocycles. The molecule has 2 rings (SSSR count). The molecule has 0 fully saturated rings. The SMILES string of the molecule is Cc1cn(Cc2cc(Br)cs2)c(C)c1C. The average molecular weight is 284 g/mol. The summed E-state index contributed by atoms with van der Waals surface area (Å²) >= 11 is 5.29. The minimum atomic E-state index is 0.983. The van der Waals surface area contributed by atoms with E-state index in [1.165, 1.54) is 26.2 Å². The molecule has 15 heavy (non-hydrogen) atoms. The van der Waals surface area contributed by atoms with Crippen LogP contribution in [0.15, 0.2) is 22.1 Å². The number of halogens is 1. The highest BCUT2D eigenvalue weighted by molar-refractivity contribution is 9.10. The van der Waals surface area contributed by atoms with E-state index in [1.54, 1.807) is 11.3 Å². The van der Waals surface area contributed by atoms with Crippen molar-refractivity contribution in [1.29, 1.82) is 0 Å². The maximum absolute atomic E-state index is 3.48. The van der Waals surface area contributed by atoms with Crippen molar-refractivity contribution < 1.29 is 0 Å². The first kappa shape index (κ1) is 11.0. The molecule has 0 N–H and O–H groups in total. The third-order valence-corrected chi connectivity index (χ3v) is 4.54. The van der Waals surface area contributed by atoms with Crippen LogP contribution >= 0.6 is 27.3 Å². The Balaban J connectivity index is 2.28. The minimum absolute atomic E-state index is 0.983. The van der Waals surface area contributed by atoms with Gasteiger partial charge in [-0.15, -0.1) is 11.3 Å². The van der Waals surface area contributed by atoms with Gasteiger partial charge in [-0.3, -0.25) is 0 Å². The fourth-order valence-electron chi connectivity index (χ4n) is 1.70. The van der Waals surface area contributed by atoms with Crippen LogP contribution in [-0.4, -0.2) is 4.57 Å². The molecule has 0 unspecified atom stereocenters. The van der Waals surface area contributed by atoms with Crippen molar-refractivity contribution in [2.24, 2.45) is 0 Å². The third kappa shape index (κ3) is 2.18. The van der Waals surface area contributed by atoms with Crippen molar-refractivity contribution in [2.75, 3.05) is 0 Å². The molecule has 2 aromatic rings. The maximum Gasteiger partial charge on any atom is 0.0566 e. The van der Waals surface area contributed by atoms with Crippen LogP contribution in [0.3, 0.4) is 0 Å². The van der Waals surface area contributed by atoms with E-state index >= 15 is 0 Å². The molecule has 0 aliphatic rings. The summed E-state index contributed by atoms with van der Waals surface area (Å²) in [5.74, 6) is 0. The zero-order valence-electron chi connectivity index (χ0n) is 9.17. The van der Waals surface area contributed by atoms with Crippen LogP contribution in [0.1, 0.15) is 21.7 Å². The minimum Gasteiger partial charge on any atom is -0.346 e. The summed E-state index contributed by atoms with van der Waals surface area (Å²) in [5, 5.41) is 2.13. The first-order chi connectivity index (χ1) is 7.08. The topological polar surface area (TPSA) is 4.93 Å². The molecule has 0 aliphatic heterocycles. The smallest absolute Gasteiger partial charge is 0.0566 e. The number of aromatic nitrogens is 1. The van der Waals surface area contributed by atoms with Crippen LogP contribution < -0.4 is 0 Å². The predicted molar refractivity (Wildman–Crippen MR) is 69.8 cm³/mol. The average Bonchev–Trinajstić information content (AvgIpc) is 2.68. The highest BCUT2D eigenvalue weighted by Gasteiger charge is 2.06. The predicted octanol–water partition coefficient (Wildman–Crippen LogP) is 4.29. The fraction of sp³-hybridized carbons (Fsp3) is 0.333. The summed E-state index contributed by atoms with van der Waals surface area (Å²) in [4.78, 5) is 1.39. The summed E-state index contributed by atoms with van der Waals surface area (Å²) in [6.07, 6.45) is 2.23. The Bertz CT molecular complexity index is 482. The van der Waals surface area contributed by atoms with Gasteiger partial charge in [0.1, 0.15) is 0 Å². The molecule has 80 valence electrons. The molecule has 0 amide bonds. The van der Waals surface area contributed by atoms with Crippen LogP contribution in [0.25, 0.3) is 0 Å². The van der Waals surface area contributed by atoms with Gasteiger partial charge in [-0.25, -0.2) is 0 Å².